The summed E-state index contributed by atoms with van der Waals surface area (Å²) in [5, 5.41) is 0. The van der Waals surface area contributed by atoms with Crippen LogP contribution in [0.1, 0.15) is 37.5 Å². The summed E-state index contributed by atoms with van der Waals surface area (Å²) in [6.07, 6.45) is 0. The molecule has 1 aliphatic carbocycles. The van der Waals surface area contributed by atoms with Crippen LogP contribution in [-0.4, -0.2) is 21.1 Å². The van der Waals surface area contributed by atoms with Crippen molar-refractivity contribution in [1.82, 2.24) is 9.55 Å². The van der Waals surface area contributed by atoms with Crippen molar-refractivity contribution in [2.45, 2.75) is 6.54 Å². The quantitative estimate of drug-likeness (QED) is 0.390. The van der Waals surface area contributed by atoms with Crippen molar-refractivity contribution >= 4 is 23.8 Å². The SMILES string of the molecule is O=C1c2ccccc2C(=O)c2c1c(=S)nc(-c1ccccc1)n2Cc1ccccc1. The minimum absolute atomic E-state index is 0.154. The molecule has 0 saturated carbocycles. The number of fused-ring (bicyclic) bond motifs is 2. The van der Waals surface area contributed by atoms with Crippen LogP contribution in [0.2, 0.25) is 0 Å². The monoisotopic (exact) mass is 408 g/mol. The minimum Gasteiger partial charge on any atom is -0.317 e. The second-order valence-electron chi connectivity index (χ2n) is 7.11. The van der Waals surface area contributed by atoms with Crippen LogP contribution < -0.4 is 0 Å². The van der Waals surface area contributed by atoms with Gasteiger partial charge in [0.25, 0.3) is 0 Å². The lowest BCUT2D eigenvalue weighted by atomic mass is 9.87. The first-order chi connectivity index (χ1) is 14.6. The Morgan fingerprint density at radius 1 is 0.733 bits per heavy atom. The molecule has 1 aromatic heterocycles. The lowest BCUT2D eigenvalue weighted by molar-refractivity contribution is 0.0970. The molecule has 5 rings (SSSR count). The molecule has 4 nitrogen and oxygen atoms in total. The summed E-state index contributed by atoms with van der Waals surface area (Å²) in [5.41, 5.74) is 3.13. The maximum Gasteiger partial charge on any atom is 0.211 e. The number of benzene rings is 3. The highest BCUT2D eigenvalue weighted by Crippen LogP contribution is 2.31. The van der Waals surface area contributed by atoms with Crippen molar-refractivity contribution in [2.75, 3.05) is 0 Å². The highest BCUT2D eigenvalue weighted by Gasteiger charge is 2.34. The van der Waals surface area contributed by atoms with Gasteiger partial charge < -0.3 is 4.57 Å². The van der Waals surface area contributed by atoms with Gasteiger partial charge in [0.05, 0.1) is 5.56 Å². The van der Waals surface area contributed by atoms with Crippen molar-refractivity contribution in [2.24, 2.45) is 0 Å². The van der Waals surface area contributed by atoms with Gasteiger partial charge in [-0.15, -0.1) is 0 Å². The van der Waals surface area contributed by atoms with E-state index in [-0.39, 0.29) is 21.8 Å². The first-order valence-corrected chi connectivity index (χ1v) is 9.98. The Bertz CT molecular complexity index is 1360. The van der Waals surface area contributed by atoms with Crippen molar-refractivity contribution in [3.05, 3.63) is 118 Å². The Balaban J connectivity index is 1.84. The Morgan fingerprint density at radius 3 is 1.97 bits per heavy atom. The fourth-order valence-electron chi connectivity index (χ4n) is 3.86. The van der Waals surface area contributed by atoms with E-state index in [1.54, 1.807) is 24.3 Å². The molecule has 0 aliphatic heterocycles. The van der Waals surface area contributed by atoms with Crippen molar-refractivity contribution in [1.29, 1.82) is 0 Å². The molecule has 0 N–H and O–H groups in total. The Hall–Kier alpha value is -3.70. The number of hydrogen-bond donors (Lipinski definition) is 0. The predicted octanol–water partition coefficient (Wildman–Crippen LogP) is 5.10. The maximum absolute atomic E-state index is 13.6. The molecule has 144 valence electrons. The van der Waals surface area contributed by atoms with Gasteiger partial charge in [-0.2, -0.15) is 0 Å². The van der Waals surface area contributed by atoms with Gasteiger partial charge in [0.1, 0.15) is 16.2 Å². The second-order valence-corrected chi connectivity index (χ2v) is 7.49. The van der Waals surface area contributed by atoms with Crippen LogP contribution in [0, 0.1) is 4.64 Å². The lowest BCUT2D eigenvalue weighted by Crippen LogP contribution is -2.28. The highest BCUT2D eigenvalue weighted by atomic mass is 32.1. The molecule has 5 heteroatoms. The molecule has 30 heavy (non-hydrogen) atoms. The summed E-state index contributed by atoms with van der Waals surface area (Å²) in [4.78, 5) is 31.4. The van der Waals surface area contributed by atoms with Crippen LogP contribution in [0.25, 0.3) is 11.4 Å². The van der Waals surface area contributed by atoms with E-state index in [9.17, 15) is 9.59 Å². The van der Waals surface area contributed by atoms with Gasteiger partial charge in [0.15, 0.2) is 5.78 Å². The molecule has 3 aromatic carbocycles. The fourth-order valence-corrected chi connectivity index (χ4v) is 4.14. The van der Waals surface area contributed by atoms with Crippen LogP contribution in [0.15, 0.2) is 84.9 Å². The molecular weight excluding hydrogens is 392 g/mol. The fraction of sp³-hybridized carbons (Fsp3) is 0.0400. The molecule has 0 radical (unpaired) electrons. The number of carbonyl (C=O) groups is 2. The van der Waals surface area contributed by atoms with Gasteiger partial charge in [0, 0.05) is 23.2 Å². The summed E-state index contributed by atoms with van der Waals surface area (Å²) in [7, 11) is 0. The molecule has 0 fully saturated rings. The lowest BCUT2D eigenvalue weighted by Gasteiger charge is -2.24. The largest absolute Gasteiger partial charge is 0.317 e. The van der Waals surface area contributed by atoms with E-state index in [1.165, 1.54) is 0 Å². The van der Waals surface area contributed by atoms with E-state index >= 15 is 0 Å². The van der Waals surface area contributed by atoms with Gasteiger partial charge >= 0.3 is 0 Å². The van der Waals surface area contributed by atoms with Gasteiger partial charge in [0.2, 0.25) is 5.78 Å². The summed E-state index contributed by atoms with van der Waals surface area (Å²) >= 11 is 5.51. The smallest absolute Gasteiger partial charge is 0.211 e. The van der Waals surface area contributed by atoms with Crippen LogP contribution in [0.5, 0.6) is 0 Å². The molecule has 0 spiro atoms. The summed E-state index contributed by atoms with van der Waals surface area (Å²) < 4.78 is 1.98. The van der Waals surface area contributed by atoms with E-state index in [2.05, 4.69) is 4.98 Å². The zero-order valence-corrected chi connectivity index (χ0v) is 16.7. The standard InChI is InChI=1S/C25H16N2O2S/c28-22-18-13-7-8-14-19(18)23(29)21-20(22)25(30)26-24(17-11-5-2-6-12-17)27(21)15-16-9-3-1-4-10-16/h1-14H,15H2. The van der Waals surface area contributed by atoms with E-state index in [0.29, 0.717) is 29.2 Å². The first kappa shape index (κ1) is 18.3. The van der Waals surface area contributed by atoms with Gasteiger partial charge in [-0.1, -0.05) is 97.1 Å². The Morgan fingerprint density at radius 2 is 1.30 bits per heavy atom. The topological polar surface area (TPSA) is 52.0 Å². The summed E-state index contributed by atoms with van der Waals surface area (Å²) in [6, 6.07) is 26.3. The predicted molar refractivity (Wildman–Crippen MR) is 117 cm³/mol. The van der Waals surface area contributed by atoms with Crippen LogP contribution in [-0.2, 0) is 6.54 Å². The van der Waals surface area contributed by atoms with Crippen LogP contribution in [0.3, 0.4) is 0 Å². The molecule has 0 unspecified atom stereocenters. The van der Waals surface area contributed by atoms with Crippen molar-refractivity contribution in [3.8, 4) is 11.4 Å². The third-order valence-electron chi connectivity index (χ3n) is 5.26. The van der Waals surface area contributed by atoms with Gasteiger partial charge in [-0.3, -0.25) is 9.59 Å². The number of nitrogens with zero attached hydrogens (tertiary/aromatic N) is 2. The number of ketones is 2. The second kappa shape index (κ2) is 7.28. The molecular formula is C25H16N2O2S. The van der Waals surface area contributed by atoms with Crippen molar-refractivity contribution < 1.29 is 9.59 Å². The average Bonchev–Trinajstić information content (AvgIpc) is 2.79. The molecule has 0 saturated heterocycles. The maximum atomic E-state index is 13.6. The molecule has 1 heterocycles. The molecule has 4 aromatic rings. The third kappa shape index (κ3) is 2.91. The number of rotatable bonds is 3. The first-order valence-electron chi connectivity index (χ1n) is 9.58. The zero-order valence-electron chi connectivity index (χ0n) is 15.9. The van der Waals surface area contributed by atoms with Gasteiger partial charge in [-0.25, -0.2) is 4.98 Å². The van der Waals surface area contributed by atoms with Crippen LogP contribution in [0.4, 0.5) is 0 Å². The average molecular weight is 408 g/mol. The minimum atomic E-state index is -0.251. The number of aromatic nitrogens is 2. The van der Waals surface area contributed by atoms with Gasteiger partial charge in [-0.05, 0) is 5.56 Å². The summed E-state index contributed by atoms with van der Waals surface area (Å²) in [5.74, 6) is 0.115. The Labute approximate surface area is 178 Å². The van der Waals surface area contributed by atoms with Crippen molar-refractivity contribution in [3.63, 3.8) is 0 Å². The molecule has 0 amide bonds. The zero-order chi connectivity index (χ0) is 20.7. The normalized spacial score (nSPS) is 12.4. The van der Waals surface area contributed by atoms with Crippen LogP contribution >= 0.6 is 12.2 Å². The molecule has 1 aliphatic rings. The Kier molecular flexibility index (Phi) is 4.45. The highest BCUT2D eigenvalue weighted by molar-refractivity contribution is 7.71. The molecule has 0 atom stereocenters. The third-order valence-corrected chi connectivity index (χ3v) is 5.55. The van der Waals surface area contributed by atoms with E-state index in [0.717, 1.165) is 11.1 Å². The number of hydrogen-bond acceptors (Lipinski definition) is 4. The van der Waals surface area contributed by atoms with E-state index < -0.39 is 0 Å². The molecule has 0 bridgehead atoms. The van der Waals surface area contributed by atoms with E-state index in [4.69, 9.17) is 12.2 Å². The summed E-state index contributed by atoms with van der Waals surface area (Å²) in [6.45, 7) is 0.400. The van der Waals surface area contributed by atoms with E-state index in [1.807, 2.05) is 65.2 Å². The number of carbonyl (C=O) groups excluding carboxylic acids is 2.